The van der Waals surface area contributed by atoms with Crippen molar-refractivity contribution in [3.8, 4) is 11.8 Å². The van der Waals surface area contributed by atoms with Crippen LogP contribution in [0.2, 0.25) is 0 Å². The first-order chi connectivity index (χ1) is 10.2. The van der Waals surface area contributed by atoms with Gasteiger partial charge in [0, 0.05) is 24.8 Å². The smallest absolute Gasteiger partial charge is 0.225 e. The van der Waals surface area contributed by atoms with Crippen molar-refractivity contribution in [1.82, 2.24) is 4.98 Å². The molecule has 5 nitrogen and oxygen atoms in total. The lowest BCUT2D eigenvalue weighted by Gasteiger charge is -2.34. The standard InChI is InChI=1S/C16H21N3O2/c1-2-21-14-8-13(9-14)11-16(20)19-15-10-12(4-3-6-17)5-7-18-15/h5,7,10,13-14H,2,6,8-9,11,17H2,1H3,(H,18,19,20). The lowest BCUT2D eigenvalue weighted by molar-refractivity contribution is -0.119. The number of hydrogen-bond donors (Lipinski definition) is 2. The van der Waals surface area contributed by atoms with Crippen molar-refractivity contribution in [1.29, 1.82) is 0 Å². The number of nitrogens with two attached hydrogens (primary N) is 1. The average Bonchev–Trinajstić information content (AvgIpc) is 2.43. The monoisotopic (exact) mass is 287 g/mol. The van der Waals surface area contributed by atoms with E-state index in [0.717, 1.165) is 25.0 Å². The van der Waals surface area contributed by atoms with Gasteiger partial charge in [-0.3, -0.25) is 4.79 Å². The summed E-state index contributed by atoms with van der Waals surface area (Å²) in [6, 6.07) is 3.54. The summed E-state index contributed by atoms with van der Waals surface area (Å²) in [5.41, 5.74) is 6.13. The maximum Gasteiger partial charge on any atom is 0.225 e. The van der Waals surface area contributed by atoms with Crippen LogP contribution in [0.15, 0.2) is 18.3 Å². The minimum absolute atomic E-state index is 0.00798. The van der Waals surface area contributed by atoms with E-state index in [1.54, 1.807) is 18.3 Å². The zero-order valence-corrected chi connectivity index (χ0v) is 12.3. The Bertz CT molecular complexity index is 542. The summed E-state index contributed by atoms with van der Waals surface area (Å²) >= 11 is 0. The van der Waals surface area contributed by atoms with Gasteiger partial charge in [0.2, 0.25) is 5.91 Å². The SMILES string of the molecule is CCOC1CC(CC(=O)Nc2cc(C#CCN)ccn2)C1. The molecular formula is C16H21N3O2. The van der Waals surface area contributed by atoms with Crippen LogP contribution >= 0.6 is 0 Å². The van der Waals surface area contributed by atoms with Crippen molar-refractivity contribution >= 4 is 11.7 Å². The van der Waals surface area contributed by atoms with Crippen molar-refractivity contribution < 1.29 is 9.53 Å². The Morgan fingerprint density at radius 3 is 3.10 bits per heavy atom. The highest BCUT2D eigenvalue weighted by molar-refractivity contribution is 5.90. The highest BCUT2D eigenvalue weighted by Crippen LogP contribution is 2.32. The minimum Gasteiger partial charge on any atom is -0.378 e. The van der Waals surface area contributed by atoms with Gasteiger partial charge in [-0.2, -0.15) is 0 Å². The lowest BCUT2D eigenvalue weighted by Crippen LogP contribution is -2.33. The van der Waals surface area contributed by atoms with E-state index in [1.165, 1.54) is 0 Å². The van der Waals surface area contributed by atoms with Gasteiger partial charge in [0.15, 0.2) is 0 Å². The molecule has 0 aliphatic heterocycles. The number of nitrogens with one attached hydrogen (secondary N) is 1. The molecule has 2 rings (SSSR count). The van der Waals surface area contributed by atoms with Gasteiger partial charge in [-0.05, 0) is 37.8 Å². The molecule has 5 heteroatoms. The molecule has 112 valence electrons. The first-order valence-corrected chi connectivity index (χ1v) is 7.27. The van der Waals surface area contributed by atoms with Gasteiger partial charge in [0.05, 0.1) is 12.6 Å². The minimum atomic E-state index is -0.00798. The van der Waals surface area contributed by atoms with Gasteiger partial charge in [-0.1, -0.05) is 11.8 Å². The average molecular weight is 287 g/mol. The number of rotatable bonds is 5. The van der Waals surface area contributed by atoms with Crippen LogP contribution in [-0.4, -0.2) is 30.1 Å². The number of anilines is 1. The van der Waals surface area contributed by atoms with Gasteiger partial charge < -0.3 is 15.8 Å². The predicted octanol–water partition coefficient (Wildman–Crippen LogP) is 1.54. The molecule has 1 fully saturated rings. The highest BCUT2D eigenvalue weighted by Gasteiger charge is 2.31. The van der Waals surface area contributed by atoms with Crippen LogP contribution in [0.25, 0.3) is 0 Å². The van der Waals surface area contributed by atoms with E-state index >= 15 is 0 Å². The molecule has 0 atom stereocenters. The van der Waals surface area contributed by atoms with Crippen molar-refractivity contribution in [3.05, 3.63) is 23.9 Å². The molecule has 0 spiro atoms. The number of ether oxygens (including phenoxy) is 1. The van der Waals surface area contributed by atoms with E-state index < -0.39 is 0 Å². The zero-order valence-electron chi connectivity index (χ0n) is 12.3. The third-order valence-corrected chi connectivity index (χ3v) is 3.43. The Morgan fingerprint density at radius 2 is 2.38 bits per heavy atom. The fourth-order valence-electron chi connectivity index (χ4n) is 2.40. The van der Waals surface area contributed by atoms with Crippen LogP contribution in [0, 0.1) is 17.8 Å². The van der Waals surface area contributed by atoms with E-state index in [2.05, 4.69) is 22.1 Å². The zero-order chi connectivity index (χ0) is 15.1. The molecule has 0 bridgehead atoms. The second-order valence-corrected chi connectivity index (χ2v) is 5.10. The Kier molecular flexibility index (Phi) is 5.73. The maximum absolute atomic E-state index is 12.0. The van der Waals surface area contributed by atoms with Gasteiger partial charge in [0.1, 0.15) is 5.82 Å². The first-order valence-electron chi connectivity index (χ1n) is 7.27. The summed E-state index contributed by atoms with van der Waals surface area (Å²) in [6.45, 7) is 3.04. The Morgan fingerprint density at radius 1 is 1.57 bits per heavy atom. The molecule has 1 heterocycles. The van der Waals surface area contributed by atoms with Crippen LogP contribution in [0.1, 0.15) is 31.7 Å². The summed E-state index contributed by atoms with van der Waals surface area (Å²) in [6.07, 6.45) is 4.42. The molecule has 21 heavy (non-hydrogen) atoms. The van der Waals surface area contributed by atoms with Crippen LogP contribution in [0.4, 0.5) is 5.82 Å². The molecule has 1 aromatic heterocycles. The second kappa shape index (κ2) is 7.77. The number of pyridine rings is 1. The van der Waals surface area contributed by atoms with Crippen LogP contribution in [0.5, 0.6) is 0 Å². The van der Waals surface area contributed by atoms with Gasteiger partial charge in [-0.15, -0.1) is 0 Å². The molecule has 0 saturated heterocycles. The van der Waals surface area contributed by atoms with E-state index in [-0.39, 0.29) is 5.91 Å². The molecule has 1 aliphatic carbocycles. The second-order valence-electron chi connectivity index (χ2n) is 5.10. The molecule has 0 unspecified atom stereocenters. The molecule has 3 N–H and O–H groups in total. The molecule has 1 aromatic rings. The number of carbonyl (C=O) groups is 1. The molecule has 1 amide bonds. The van der Waals surface area contributed by atoms with Crippen molar-refractivity contribution in [2.75, 3.05) is 18.5 Å². The number of amides is 1. The number of aromatic nitrogens is 1. The molecular weight excluding hydrogens is 266 g/mol. The summed E-state index contributed by atoms with van der Waals surface area (Å²) in [5, 5.41) is 2.81. The molecule has 0 aromatic carbocycles. The van der Waals surface area contributed by atoms with E-state index in [1.807, 2.05) is 6.92 Å². The fourth-order valence-corrected chi connectivity index (χ4v) is 2.40. The molecule has 1 saturated carbocycles. The summed E-state index contributed by atoms with van der Waals surface area (Å²) in [7, 11) is 0. The Labute approximate surface area is 125 Å². The van der Waals surface area contributed by atoms with Crippen molar-refractivity contribution in [2.24, 2.45) is 11.7 Å². The number of carbonyl (C=O) groups excluding carboxylic acids is 1. The normalized spacial score (nSPS) is 20.1. The quantitative estimate of drug-likeness (QED) is 0.805. The Hall–Kier alpha value is -1.90. The number of nitrogens with zero attached hydrogens (tertiary/aromatic N) is 1. The van der Waals surface area contributed by atoms with Crippen LogP contribution in [0.3, 0.4) is 0 Å². The topological polar surface area (TPSA) is 77.2 Å². The fraction of sp³-hybridized carbons (Fsp3) is 0.500. The Balaban J connectivity index is 1.80. The van der Waals surface area contributed by atoms with E-state index in [0.29, 0.717) is 30.8 Å². The van der Waals surface area contributed by atoms with Gasteiger partial charge >= 0.3 is 0 Å². The maximum atomic E-state index is 12.0. The van der Waals surface area contributed by atoms with E-state index in [4.69, 9.17) is 10.5 Å². The first kappa shape index (κ1) is 15.5. The lowest BCUT2D eigenvalue weighted by atomic mass is 9.80. The third-order valence-electron chi connectivity index (χ3n) is 3.43. The third kappa shape index (κ3) is 4.85. The number of hydrogen-bond acceptors (Lipinski definition) is 4. The van der Waals surface area contributed by atoms with Crippen molar-refractivity contribution in [2.45, 2.75) is 32.3 Å². The predicted molar refractivity (Wildman–Crippen MR) is 81.6 cm³/mol. The van der Waals surface area contributed by atoms with Crippen LogP contribution < -0.4 is 11.1 Å². The molecule has 1 aliphatic rings. The molecule has 0 radical (unpaired) electrons. The van der Waals surface area contributed by atoms with Gasteiger partial charge in [-0.25, -0.2) is 4.98 Å². The highest BCUT2D eigenvalue weighted by atomic mass is 16.5. The largest absolute Gasteiger partial charge is 0.378 e. The van der Waals surface area contributed by atoms with Crippen LogP contribution in [-0.2, 0) is 9.53 Å². The summed E-state index contributed by atoms with van der Waals surface area (Å²) in [5.74, 6) is 6.64. The van der Waals surface area contributed by atoms with Crippen molar-refractivity contribution in [3.63, 3.8) is 0 Å². The summed E-state index contributed by atoms with van der Waals surface area (Å²) in [4.78, 5) is 16.1. The van der Waals surface area contributed by atoms with E-state index in [9.17, 15) is 4.79 Å². The van der Waals surface area contributed by atoms with Gasteiger partial charge in [0.25, 0.3) is 0 Å². The summed E-state index contributed by atoms with van der Waals surface area (Å²) < 4.78 is 5.49.